The zero-order valence-electron chi connectivity index (χ0n) is 33.3. The van der Waals surface area contributed by atoms with Crippen molar-refractivity contribution in [3.63, 3.8) is 0 Å². The first-order valence-electron chi connectivity index (χ1n) is 19.4. The number of fused-ring (bicyclic) bond motifs is 1. The van der Waals surface area contributed by atoms with Crippen LogP contribution in [-0.4, -0.2) is 82.7 Å². The molecule has 1 atom stereocenters. The van der Waals surface area contributed by atoms with Gasteiger partial charge in [0.25, 0.3) is 0 Å². The van der Waals surface area contributed by atoms with Gasteiger partial charge in [-0.05, 0) is 69.9 Å². The van der Waals surface area contributed by atoms with E-state index in [1.54, 1.807) is 11.1 Å². The zero-order valence-corrected chi connectivity index (χ0v) is 35.6. The molecule has 2 aliphatic heterocycles. The Kier molecular flexibility index (Phi) is 12.1. The molecular weight excluding hydrogens is 799 g/mol. The molecule has 5 heterocycles. The van der Waals surface area contributed by atoms with Crippen molar-refractivity contribution < 1.29 is 27.5 Å². The van der Waals surface area contributed by atoms with Gasteiger partial charge < -0.3 is 29.6 Å². The van der Waals surface area contributed by atoms with Gasteiger partial charge in [0.05, 0.1) is 46.6 Å². The summed E-state index contributed by atoms with van der Waals surface area (Å²) < 4.78 is 37.3. The summed E-state index contributed by atoms with van der Waals surface area (Å²) in [4.78, 5) is 36.3. The van der Waals surface area contributed by atoms with Crippen LogP contribution in [0, 0.1) is 0 Å². The third-order valence-electron chi connectivity index (χ3n) is 10.6. The Balaban J connectivity index is 1.13. The van der Waals surface area contributed by atoms with Crippen LogP contribution in [0.15, 0.2) is 67.0 Å². The van der Waals surface area contributed by atoms with Crippen LogP contribution in [0.1, 0.15) is 57.6 Å². The molecule has 7 rings (SSSR count). The number of hydrogen-bond acceptors (Lipinski definition) is 9. The van der Waals surface area contributed by atoms with Crippen molar-refractivity contribution in [1.82, 2.24) is 30.1 Å². The summed E-state index contributed by atoms with van der Waals surface area (Å²) in [5, 5.41) is 8.49. The van der Waals surface area contributed by atoms with E-state index in [9.17, 15) is 18.0 Å². The molecule has 0 aliphatic carbocycles. The summed E-state index contributed by atoms with van der Waals surface area (Å²) >= 11 is 14.3. The fourth-order valence-electron chi connectivity index (χ4n) is 7.63. The number of aromatic nitrogens is 3. The Bertz CT molecular complexity index is 2470. The largest absolute Gasteiger partial charge is 0.481 e. The molecule has 58 heavy (non-hydrogen) atoms. The molecule has 15 heteroatoms. The minimum atomic E-state index is -2.92. The average Bonchev–Trinajstić information content (AvgIpc) is 3.74. The molecule has 3 aromatic heterocycles. The summed E-state index contributed by atoms with van der Waals surface area (Å²) in [6.07, 6.45) is 5.62. The minimum Gasteiger partial charge on any atom is -0.481 e. The molecular formula is C43H48Cl2N6O6S. The smallest absolute Gasteiger partial charge is 0.410 e. The predicted octanol–water partition coefficient (Wildman–Crippen LogP) is 7.97. The van der Waals surface area contributed by atoms with Crippen molar-refractivity contribution in [3.8, 4) is 39.5 Å². The Hall–Kier alpha value is -4.69. The van der Waals surface area contributed by atoms with Crippen molar-refractivity contribution in [2.75, 3.05) is 25.2 Å². The lowest BCUT2D eigenvalue weighted by Crippen LogP contribution is -2.43. The Morgan fingerprint density at radius 2 is 1.74 bits per heavy atom. The van der Waals surface area contributed by atoms with Gasteiger partial charge in [-0.25, -0.2) is 18.2 Å². The maximum atomic E-state index is 13.3. The maximum absolute atomic E-state index is 13.3. The van der Waals surface area contributed by atoms with Gasteiger partial charge in [-0.1, -0.05) is 53.5 Å². The second kappa shape index (κ2) is 16.9. The number of hydrogen-bond donors (Lipinski definition) is 2. The van der Waals surface area contributed by atoms with Crippen LogP contribution in [0.25, 0.3) is 44.5 Å². The van der Waals surface area contributed by atoms with E-state index in [2.05, 4.69) is 38.5 Å². The second-order valence-electron chi connectivity index (χ2n) is 16.0. The zero-order chi connectivity index (χ0) is 41.4. The Morgan fingerprint density at radius 1 is 1.00 bits per heavy atom. The standard InChI is InChI=1S/C43H48Cl2N6O6S/c1-43(2,3)57-42(53)51(25-30-11-14-37(52)48-30)24-27-10-13-35(49-41(27)56-5)34-8-6-7-32(38(34)44)33-15-18-46-40(39(33)45)26-9-12-31-28(23-50(4)36(31)21-26)22-47-29-16-19-58(54,55)20-17-29/h6-10,12-13,15,18,21,23,29-30,47H,11,14,16-17,19-20,22,24-25H2,1-5H3,(H,48,52)/t30-/m0/s1. The highest BCUT2D eigenvalue weighted by atomic mass is 35.5. The molecule has 12 nitrogen and oxygen atoms in total. The molecule has 2 fully saturated rings. The van der Waals surface area contributed by atoms with E-state index in [1.165, 1.54) is 7.11 Å². The quantitative estimate of drug-likeness (QED) is 0.135. The molecule has 0 spiro atoms. The third kappa shape index (κ3) is 9.28. The van der Waals surface area contributed by atoms with Gasteiger partial charge in [-0.3, -0.25) is 9.78 Å². The third-order valence-corrected chi connectivity index (χ3v) is 13.1. The van der Waals surface area contributed by atoms with Crippen molar-refractivity contribution in [2.45, 2.75) is 77.2 Å². The number of rotatable bonds is 11. The van der Waals surface area contributed by atoms with Crippen molar-refractivity contribution in [1.29, 1.82) is 0 Å². The molecule has 2 aromatic carbocycles. The van der Waals surface area contributed by atoms with E-state index in [-0.39, 0.29) is 42.6 Å². The van der Waals surface area contributed by atoms with Crippen molar-refractivity contribution >= 4 is 55.9 Å². The minimum absolute atomic E-state index is 0.0348. The van der Waals surface area contributed by atoms with E-state index < -0.39 is 21.5 Å². The fraction of sp³-hybridized carbons (Fsp3) is 0.395. The molecule has 0 saturated carbocycles. The Labute approximate surface area is 349 Å². The van der Waals surface area contributed by atoms with Gasteiger partial charge >= 0.3 is 6.09 Å². The van der Waals surface area contributed by atoms with E-state index in [0.29, 0.717) is 81.8 Å². The van der Waals surface area contributed by atoms with E-state index in [1.807, 2.05) is 70.3 Å². The monoisotopic (exact) mass is 846 g/mol. The highest BCUT2D eigenvalue weighted by Gasteiger charge is 2.30. The molecule has 306 valence electrons. The lowest BCUT2D eigenvalue weighted by Gasteiger charge is -2.29. The van der Waals surface area contributed by atoms with Gasteiger partial charge in [0.1, 0.15) is 15.4 Å². The molecule has 0 unspecified atom stereocenters. The molecule has 0 radical (unpaired) electrons. The molecule has 5 aromatic rings. The number of ether oxygens (including phenoxy) is 2. The van der Waals surface area contributed by atoms with Crippen molar-refractivity contribution in [2.24, 2.45) is 7.05 Å². The lowest BCUT2D eigenvalue weighted by molar-refractivity contribution is -0.119. The first-order valence-corrected chi connectivity index (χ1v) is 21.9. The van der Waals surface area contributed by atoms with Gasteiger partial charge in [0, 0.05) is 89.8 Å². The topological polar surface area (TPSA) is 145 Å². The highest BCUT2D eigenvalue weighted by molar-refractivity contribution is 7.91. The number of pyridine rings is 2. The van der Waals surface area contributed by atoms with Crippen LogP contribution in [-0.2, 0) is 39.5 Å². The van der Waals surface area contributed by atoms with Gasteiger partial charge in [-0.15, -0.1) is 0 Å². The Morgan fingerprint density at radius 3 is 2.45 bits per heavy atom. The number of nitrogens with zero attached hydrogens (tertiary/aromatic N) is 4. The predicted molar refractivity (Wildman–Crippen MR) is 228 cm³/mol. The first-order chi connectivity index (χ1) is 27.6. The van der Waals surface area contributed by atoms with Crippen LogP contribution in [0.3, 0.4) is 0 Å². The van der Waals surface area contributed by atoms with E-state index in [0.717, 1.165) is 22.0 Å². The first kappa shape index (κ1) is 41.5. The van der Waals surface area contributed by atoms with Crippen LogP contribution >= 0.6 is 23.2 Å². The molecule has 2 aliphatic rings. The maximum Gasteiger partial charge on any atom is 0.410 e. The number of amides is 2. The normalized spacial score (nSPS) is 17.0. The SMILES string of the molecule is COc1nc(-c2cccc(-c3ccnc(-c4ccc5c(CNC6CCS(=O)(=O)CC6)cn(C)c5c4)c3Cl)c2Cl)ccc1CN(C[C@@H]1CCC(=O)N1)C(=O)OC(C)(C)C. The molecule has 2 amide bonds. The summed E-state index contributed by atoms with van der Waals surface area (Å²) in [6.45, 7) is 6.51. The lowest BCUT2D eigenvalue weighted by atomic mass is 9.99. The number of nitrogens with one attached hydrogen (secondary N) is 2. The number of methoxy groups -OCH3 is 1. The van der Waals surface area contributed by atoms with Gasteiger partial charge in [-0.2, -0.15) is 0 Å². The molecule has 2 N–H and O–H groups in total. The number of benzene rings is 2. The summed E-state index contributed by atoms with van der Waals surface area (Å²) in [6, 6.07) is 17.4. The van der Waals surface area contributed by atoms with E-state index in [4.69, 9.17) is 37.7 Å². The van der Waals surface area contributed by atoms with Gasteiger partial charge in [0.15, 0.2) is 0 Å². The van der Waals surface area contributed by atoms with Crippen molar-refractivity contribution in [3.05, 3.63) is 88.2 Å². The number of carbonyl (C=O) groups is 2. The van der Waals surface area contributed by atoms with Crippen LogP contribution in [0.4, 0.5) is 4.79 Å². The van der Waals surface area contributed by atoms with E-state index >= 15 is 0 Å². The van der Waals surface area contributed by atoms with Gasteiger partial charge in [0.2, 0.25) is 11.8 Å². The van der Waals surface area contributed by atoms with Crippen LogP contribution in [0.5, 0.6) is 5.88 Å². The summed E-state index contributed by atoms with van der Waals surface area (Å²) in [7, 11) is 0.613. The fourth-order valence-corrected chi connectivity index (χ4v) is 9.77. The highest BCUT2D eigenvalue weighted by Crippen LogP contribution is 2.42. The number of aryl methyl sites for hydroxylation is 1. The second-order valence-corrected chi connectivity index (χ2v) is 19.1. The van der Waals surface area contributed by atoms with Crippen LogP contribution < -0.4 is 15.4 Å². The average molecular weight is 848 g/mol. The number of carbonyl (C=O) groups excluding carboxylic acids is 2. The number of sulfone groups is 1. The summed E-state index contributed by atoms with van der Waals surface area (Å²) in [5.41, 5.74) is 6.22. The molecule has 2 saturated heterocycles. The molecule has 0 bridgehead atoms. The summed E-state index contributed by atoms with van der Waals surface area (Å²) in [5.74, 6) is 0.749. The van der Waals surface area contributed by atoms with Crippen LogP contribution in [0.2, 0.25) is 10.0 Å². The number of halogens is 2.